The highest BCUT2D eigenvalue weighted by molar-refractivity contribution is 7.99. The molecular weight excluding hydrogens is 320 g/mol. The minimum Gasteiger partial charge on any atom is -0.431 e. The van der Waals surface area contributed by atoms with Crippen molar-refractivity contribution in [2.45, 2.75) is 18.6 Å². The van der Waals surface area contributed by atoms with E-state index in [9.17, 15) is 4.79 Å². The number of hydrogen-bond acceptors (Lipinski definition) is 4. The Morgan fingerprint density at radius 2 is 1.88 bits per heavy atom. The quantitative estimate of drug-likeness (QED) is 0.666. The maximum atomic E-state index is 12.0. The highest BCUT2D eigenvalue weighted by Crippen LogP contribution is 2.25. The van der Waals surface area contributed by atoms with Gasteiger partial charge in [0.15, 0.2) is 5.76 Å². The Morgan fingerprint density at radius 3 is 2.58 bits per heavy atom. The first-order valence-corrected chi connectivity index (χ1v) is 8.76. The summed E-state index contributed by atoms with van der Waals surface area (Å²) in [5.74, 6) is 0.877. The summed E-state index contributed by atoms with van der Waals surface area (Å²) in [7, 11) is 0. The minimum atomic E-state index is -0.0799. The summed E-state index contributed by atoms with van der Waals surface area (Å²) in [5, 5.41) is 3.36. The summed E-state index contributed by atoms with van der Waals surface area (Å²) < 4.78 is 5.67. The van der Waals surface area contributed by atoms with Gasteiger partial charge in [0.05, 0.1) is 11.9 Å². The van der Waals surface area contributed by atoms with Crippen molar-refractivity contribution in [3.05, 3.63) is 66.4 Å². The lowest BCUT2D eigenvalue weighted by Gasteiger charge is -2.05. The van der Waals surface area contributed by atoms with Crippen molar-refractivity contribution in [2.24, 2.45) is 0 Å². The Balaban J connectivity index is 1.53. The molecule has 0 saturated carbocycles. The van der Waals surface area contributed by atoms with Gasteiger partial charge in [-0.1, -0.05) is 61.2 Å². The molecule has 0 radical (unpaired) electrons. The molecule has 0 aliphatic heterocycles. The van der Waals surface area contributed by atoms with E-state index >= 15 is 0 Å². The van der Waals surface area contributed by atoms with Crippen LogP contribution in [0.25, 0.3) is 11.3 Å². The fraction of sp³-hybridized carbons (Fsp3) is 0.158. The van der Waals surface area contributed by atoms with Crippen LogP contribution in [0.3, 0.4) is 0 Å². The summed E-state index contributed by atoms with van der Waals surface area (Å²) in [6.07, 6.45) is 2.66. The molecule has 0 aliphatic carbocycles. The summed E-state index contributed by atoms with van der Waals surface area (Å²) in [6.45, 7) is 2.10. The van der Waals surface area contributed by atoms with E-state index in [4.69, 9.17) is 4.42 Å². The highest BCUT2D eigenvalue weighted by Gasteiger charge is 2.09. The van der Waals surface area contributed by atoms with Crippen molar-refractivity contribution in [1.82, 2.24) is 4.98 Å². The topological polar surface area (TPSA) is 55.1 Å². The second-order valence-corrected chi connectivity index (χ2v) is 6.17. The van der Waals surface area contributed by atoms with Gasteiger partial charge in [0.25, 0.3) is 5.22 Å². The number of benzene rings is 2. The van der Waals surface area contributed by atoms with Crippen LogP contribution < -0.4 is 5.32 Å². The number of thioether (sulfide) groups is 1. The molecule has 122 valence electrons. The van der Waals surface area contributed by atoms with E-state index in [-0.39, 0.29) is 11.7 Å². The number of amides is 1. The van der Waals surface area contributed by atoms with Gasteiger partial charge in [-0.25, -0.2) is 4.98 Å². The van der Waals surface area contributed by atoms with Gasteiger partial charge in [0.1, 0.15) is 0 Å². The normalized spacial score (nSPS) is 10.5. The first-order valence-electron chi connectivity index (χ1n) is 7.77. The second kappa shape index (κ2) is 7.84. The summed E-state index contributed by atoms with van der Waals surface area (Å²) >= 11 is 1.28. The maximum absolute atomic E-state index is 12.0. The van der Waals surface area contributed by atoms with Crippen molar-refractivity contribution in [3.8, 4) is 11.3 Å². The van der Waals surface area contributed by atoms with Crippen molar-refractivity contribution in [3.63, 3.8) is 0 Å². The highest BCUT2D eigenvalue weighted by atomic mass is 32.2. The molecule has 0 bridgehead atoms. The molecule has 0 aliphatic rings. The predicted octanol–water partition coefficient (Wildman–Crippen LogP) is 4.63. The van der Waals surface area contributed by atoms with Crippen molar-refractivity contribution >= 4 is 23.4 Å². The third-order valence-electron chi connectivity index (χ3n) is 3.52. The van der Waals surface area contributed by atoms with Crippen LogP contribution >= 0.6 is 11.8 Å². The molecule has 1 heterocycles. The Morgan fingerprint density at radius 1 is 1.12 bits per heavy atom. The largest absolute Gasteiger partial charge is 0.431 e. The number of rotatable bonds is 6. The summed E-state index contributed by atoms with van der Waals surface area (Å²) in [5.41, 5.74) is 3.02. The summed E-state index contributed by atoms with van der Waals surface area (Å²) in [6, 6.07) is 17.6. The third-order valence-corrected chi connectivity index (χ3v) is 4.36. The average Bonchev–Trinajstić information content (AvgIpc) is 3.10. The molecule has 3 rings (SSSR count). The first-order chi connectivity index (χ1) is 11.7. The smallest absolute Gasteiger partial charge is 0.256 e. The zero-order chi connectivity index (χ0) is 16.8. The van der Waals surface area contributed by atoms with Gasteiger partial charge in [-0.3, -0.25) is 4.79 Å². The molecule has 0 unspecified atom stereocenters. The number of hydrogen-bond donors (Lipinski definition) is 1. The first kappa shape index (κ1) is 16.3. The van der Waals surface area contributed by atoms with E-state index in [0.717, 1.165) is 17.7 Å². The molecule has 24 heavy (non-hydrogen) atoms. The monoisotopic (exact) mass is 338 g/mol. The van der Waals surface area contributed by atoms with Gasteiger partial charge in [-0.2, -0.15) is 0 Å². The van der Waals surface area contributed by atoms with Crippen LogP contribution in [0.15, 0.2) is 70.4 Å². The molecule has 0 spiro atoms. The number of aryl methyl sites for hydroxylation is 1. The van der Waals surface area contributed by atoms with Crippen molar-refractivity contribution < 1.29 is 9.21 Å². The van der Waals surface area contributed by atoms with E-state index in [1.807, 2.05) is 54.6 Å². The lowest BCUT2D eigenvalue weighted by Crippen LogP contribution is -2.13. The maximum Gasteiger partial charge on any atom is 0.256 e. The van der Waals surface area contributed by atoms with E-state index < -0.39 is 0 Å². The lowest BCUT2D eigenvalue weighted by molar-refractivity contribution is -0.113. The summed E-state index contributed by atoms with van der Waals surface area (Å²) in [4.78, 5) is 16.2. The average molecular weight is 338 g/mol. The Kier molecular flexibility index (Phi) is 5.33. The molecule has 3 aromatic rings. The molecule has 2 aromatic carbocycles. The minimum absolute atomic E-state index is 0.0799. The van der Waals surface area contributed by atoms with Gasteiger partial charge in [0.2, 0.25) is 5.91 Å². The molecule has 0 fully saturated rings. The predicted molar refractivity (Wildman–Crippen MR) is 97.1 cm³/mol. The van der Waals surface area contributed by atoms with Crippen LogP contribution in [-0.4, -0.2) is 16.6 Å². The van der Waals surface area contributed by atoms with Crippen LogP contribution in [0.5, 0.6) is 0 Å². The van der Waals surface area contributed by atoms with Gasteiger partial charge < -0.3 is 9.73 Å². The molecule has 0 atom stereocenters. The molecular formula is C19H18N2O2S. The number of nitrogens with zero attached hydrogens (tertiary/aromatic N) is 1. The number of nitrogens with one attached hydrogen (secondary N) is 1. The van der Waals surface area contributed by atoms with Crippen LogP contribution in [0.4, 0.5) is 5.69 Å². The van der Waals surface area contributed by atoms with E-state index in [0.29, 0.717) is 11.0 Å². The lowest BCUT2D eigenvalue weighted by atomic mass is 10.1. The van der Waals surface area contributed by atoms with E-state index in [2.05, 4.69) is 17.2 Å². The van der Waals surface area contributed by atoms with Crippen LogP contribution in [0.1, 0.15) is 12.5 Å². The van der Waals surface area contributed by atoms with Crippen LogP contribution in [-0.2, 0) is 11.2 Å². The molecule has 0 saturated heterocycles. The molecule has 1 N–H and O–H groups in total. The van der Waals surface area contributed by atoms with Gasteiger partial charge in [-0.05, 0) is 24.1 Å². The van der Waals surface area contributed by atoms with Crippen molar-refractivity contribution in [1.29, 1.82) is 0 Å². The Hall–Kier alpha value is -2.53. The van der Waals surface area contributed by atoms with Gasteiger partial charge in [-0.15, -0.1) is 0 Å². The fourth-order valence-electron chi connectivity index (χ4n) is 2.21. The number of carbonyl (C=O) groups excluding carboxylic acids is 1. The van der Waals surface area contributed by atoms with Gasteiger partial charge >= 0.3 is 0 Å². The molecule has 4 nitrogen and oxygen atoms in total. The molecule has 5 heteroatoms. The van der Waals surface area contributed by atoms with E-state index in [1.54, 1.807) is 6.20 Å². The second-order valence-electron chi connectivity index (χ2n) is 5.24. The van der Waals surface area contributed by atoms with E-state index in [1.165, 1.54) is 17.3 Å². The number of anilines is 1. The zero-order valence-corrected chi connectivity index (χ0v) is 14.2. The Labute approximate surface area is 145 Å². The fourth-order valence-corrected chi connectivity index (χ4v) is 2.81. The standard InChI is InChI=1S/C19H18N2O2S/c1-2-14-8-10-16(11-9-14)21-18(22)13-24-19-20-12-17(23-19)15-6-4-3-5-7-15/h3-12H,2,13H2,1H3,(H,21,22). The zero-order valence-electron chi connectivity index (χ0n) is 13.4. The van der Waals surface area contributed by atoms with Crippen LogP contribution in [0, 0.1) is 0 Å². The SMILES string of the molecule is CCc1ccc(NC(=O)CSc2ncc(-c3ccccc3)o2)cc1. The van der Waals surface area contributed by atoms with Crippen molar-refractivity contribution in [2.75, 3.05) is 11.1 Å². The number of aromatic nitrogens is 1. The molecule has 1 aromatic heterocycles. The number of oxazole rings is 1. The van der Waals surface area contributed by atoms with Gasteiger partial charge in [0, 0.05) is 11.3 Å². The number of carbonyl (C=O) groups is 1. The Bertz CT molecular complexity index is 798. The third kappa shape index (κ3) is 4.26. The molecule has 1 amide bonds. The van der Waals surface area contributed by atoms with Crippen LogP contribution in [0.2, 0.25) is 0 Å².